The summed E-state index contributed by atoms with van der Waals surface area (Å²) in [6.07, 6.45) is 12.3. The van der Waals surface area contributed by atoms with Crippen molar-refractivity contribution in [3.05, 3.63) is 24.3 Å². The molecule has 0 aliphatic carbocycles. The van der Waals surface area contributed by atoms with Gasteiger partial charge in [0.25, 0.3) is 0 Å². The Labute approximate surface area is 272 Å². The molecule has 0 spiro atoms. The van der Waals surface area contributed by atoms with Gasteiger partial charge in [-0.2, -0.15) is 8.42 Å². The summed E-state index contributed by atoms with van der Waals surface area (Å²) in [6.45, 7) is 8.73. The van der Waals surface area contributed by atoms with Crippen LogP contribution in [0, 0.1) is 0 Å². The van der Waals surface area contributed by atoms with Gasteiger partial charge in [-0.1, -0.05) is 77.9 Å². The second kappa shape index (κ2) is 35.3. The molecule has 16 heteroatoms. The van der Waals surface area contributed by atoms with Crippen molar-refractivity contribution in [2.24, 2.45) is 0 Å². The van der Waals surface area contributed by atoms with Gasteiger partial charge in [0.1, 0.15) is 0 Å². The summed E-state index contributed by atoms with van der Waals surface area (Å²) < 4.78 is 33.0. The molecule has 42 heavy (non-hydrogen) atoms. The summed E-state index contributed by atoms with van der Waals surface area (Å²) in [5.41, 5.74) is -0.606. The number of unbranched alkanes of at least 4 members (excludes halogenated alkanes) is 10. The molecule has 244 valence electrons. The van der Waals surface area contributed by atoms with Gasteiger partial charge in [-0.25, -0.2) is 13.8 Å². The Morgan fingerprint density at radius 2 is 0.952 bits per heavy atom. The Hall–Kier alpha value is -1.85. The van der Waals surface area contributed by atoms with E-state index < -0.39 is 47.1 Å². The van der Waals surface area contributed by atoms with Crippen LogP contribution in [0.15, 0.2) is 24.3 Å². The third kappa shape index (κ3) is 54.3. The zero-order valence-corrected chi connectivity index (χ0v) is 27.6. The first-order chi connectivity index (χ1) is 19.0. The number of hydrogen-bond donors (Lipinski definition) is 7. The molecule has 0 aromatic rings. The van der Waals surface area contributed by atoms with E-state index in [4.69, 9.17) is 35.2 Å². The van der Waals surface area contributed by atoms with Gasteiger partial charge >= 0.3 is 63.8 Å². The largest absolute Gasteiger partial charge is 1.00 e. The number of rotatable bonds is 21. The van der Waals surface area contributed by atoms with E-state index in [2.05, 4.69) is 24.3 Å². The molecule has 0 fully saturated rings. The Morgan fingerprint density at radius 3 is 1.17 bits per heavy atom. The van der Waals surface area contributed by atoms with Crippen LogP contribution < -0.4 is 29.6 Å². The number of hydrogen-bond acceptors (Lipinski definition) is 9. The minimum atomic E-state index is -4.23. The maximum atomic E-state index is 10.2. The van der Waals surface area contributed by atoms with E-state index in [1.165, 1.54) is 44.9 Å². The first kappa shape index (κ1) is 49.8. The molecule has 7 N–H and O–H groups in total. The number of carbonyl (C=O) groups is 4. The van der Waals surface area contributed by atoms with E-state index in [0.29, 0.717) is 6.42 Å². The second-order valence-corrected chi connectivity index (χ2v) is 9.64. The zero-order valence-electron chi connectivity index (χ0n) is 25.8. The minimum Gasteiger partial charge on any atom is -1.00 e. The SMILES string of the molecule is C=C(CC(=O)O)C(=O)O.C=C(CC(=O)O)C(=O)O.CCCCCCCCCCCCOS(=O)(=O)O.OCCCCO.[H-].[Na+]. The van der Waals surface area contributed by atoms with Crippen LogP contribution in [0.4, 0.5) is 0 Å². The first-order valence-electron chi connectivity index (χ1n) is 13.1. The molecule has 0 atom stereocenters. The average Bonchev–Trinajstić information content (AvgIpc) is 2.85. The summed E-state index contributed by atoms with van der Waals surface area (Å²) >= 11 is 0. The molecule has 0 aromatic carbocycles. The molecule has 0 bridgehead atoms. The fraction of sp³-hybridized carbons (Fsp3) is 0.692. The molecule has 0 saturated carbocycles. The minimum absolute atomic E-state index is 0. The molecule has 0 radical (unpaired) electrons. The second-order valence-electron chi connectivity index (χ2n) is 8.54. The molecule has 14 nitrogen and oxygen atoms in total. The van der Waals surface area contributed by atoms with E-state index in [0.717, 1.165) is 25.7 Å². The van der Waals surface area contributed by atoms with Crippen LogP contribution in [0.25, 0.3) is 0 Å². The third-order valence-electron chi connectivity index (χ3n) is 4.63. The summed E-state index contributed by atoms with van der Waals surface area (Å²) in [5, 5.41) is 48.3. The maximum absolute atomic E-state index is 10.2. The predicted octanol–water partition coefficient (Wildman–Crippen LogP) is 0.798. The van der Waals surface area contributed by atoms with Crippen molar-refractivity contribution in [2.75, 3.05) is 19.8 Å². The van der Waals surface area contributed by atoms with Gasteiger partial charge in [0.05, 0.1) is 19.4 Å². The number of aliphatic carboxylic acids is 4. The molecule has 0 saturated heterocycles. The molecule has 0 amide bonds. The molecule has 0 rings (SSSR count). The monoisotopic (exact) mass is 640 g/mol. The van der Waals surface area contributed by atoms with Crippen LogP contribution in [-0.4, -0.2) is 87.3 Å². The number of carboxylic acids is 4. The zero-order chi connectivity index (χ0) is 32.7. The molecular formula is C26H49NaO14S. The van der Waals surface area contributed by atoms with Crippen molar-refractivity contribution in [3.63, 3.8) is 0 Å². The van der Waals surface area contributed by atoms with Crippen LogP contribution in [0.3, 0.4) is 0 Å². The standard InChI is InChI=1S/C12H26O4S.2C5H6O4.C4H10O2.Na.H/c1-2-3-4-5-6-7-8-9-10-11-12-16-17(13,14)15;2*1-3(5(8)9)2-4(6)7;5-3-1-2-4-6;;/h2-12H2,1H3,(H,13,14,15);2*1-2H2,(H,6,7)(H,8,9);5-6H,1-4H2;;/q;;;;+1;-1. The van der Waals surface area contributed by atoms with Crippen LogP contribution in [-0.2, 0) is 33.8 Å². The van der Waals surface area contributed by atoms with E-state index in [-0.39, 0.29) is 62.0 Å². The molecular weight excluding hydrogens is 591 g/mol. The smallest absolute Gasteiger partial charge is 1.00 e. The van der Waals surface area contributed by atoms with E-state index >= 15 is 0 Å². The molecule has 0 aliphatic heterocycles. The van der Waals surface area contributed by atoms with Crippen LogP contribution in [0.5, 0.6) is 0 Å². The van der Waals surface area contributed by atoms with Gasteiger partial charge in [0.15, 0.2) is 0 Å². The predicted molar refractivity (Wildman–Crippen MR) is 152 cm³/mol. The molecule has 0 heterocycles. The van der Waals surface area contributed by atoms with Gasteiger partial charge in [0, 0.05) is 24.4 Å². The van der Waals surface area contributed by atoms with E-state index in [9.17, 15) is 27.6 Å². The fourth-order valence-corrected chi connectivity index (χ4v) is 2.82. The Bertz CT molecular complexity index is 809. The van der Waals surface area contributed by atoms with Crippen molar-refractivity contribution in [1.29, 1.82) is 0 Å². The van der Waals surface area contributed by atoms with Crippen molar-refractivity contribution in [1.82, 2.24) is 0 Å². The van der Waals surface area contributed by atoms with Gasteiger partial charge in [-0.05, 0) is 19.3 Å². The maximum Gasteiger partial charge on any atom is 1.00 e. The molecule has 0 unspecified atom stereocenters. The van der Waals surface area contributed by atoms with Crippen LogP contribution >= 0.6 is 0 Å². The van der Waals surface area contributed by atoms with E-state index in [1.807, 2.05) is 0 Å². The van der Waals surface area contributed by atoms with Crippen molar-refractivity contribution < 1.29 is 98.0 Å². The van der Waals surface area contributed by atoms with Gasteiger partial charge in [-0.3, -0.25) is 14.1 Å². The third-order valence-corrected chi connectivity index (χ3v) is 5.10. The van der Waals surface area contributed by atoms with E-state index in [1.54, 1.807) is 0 Å². The first-order valence-corrected chi connectivity index (χ1v) is 14.5. The molecule has 0 aromatic heterocycles. The van der Waals surface area contributed by atoms with Gasteiger partial charge < -0.3 is 32.1 Å². The average molecular weight is 641 g/mol. The number of aliphatic hydroxyl groups is 2. The summed E-state index contributed by atoms with van der Waals surface area (Å²) in [5.74, 6) is -4.89. The van der Waals surface area contributed by atoms with Crippen LogP contribution in [0.1, 0.15) is 98.2 Å². The fourth-order valence-electron chi connectivity index (χ4n) is 2.49. The Kier molecular flexibility index (Phi) is 41.9. The van der Waals surface area contributed by atoms with Crippen molar-refractivity contribution >= 4 is 34.3 Å². The topological polar surface area (TPSA) is 253 Å². The summed E-state index contributed by atoms with van der Waals surface area (Å²) in [4.78, 5) is 39.3. The van der Waals surface area contributed by atoms with Crippen molar-refractivity contribution in [2.45, 2.75) is 96.8 Å². The summed E-state index contributed by atoms with van der Waals surface area (Å²) in [6, 6.07) is 0. The quantitative estimate of drug-likeness (QED) is 0.0397. The summed E-state index contributed by atoms with van der Waals surface area (Å²) in [7, 11) is -4.23. The molecule has 0 aliphatic rings. The van der Waals surface area contributed by atoms with Crippen molar-refractivity contribution in [3.8, 4) is 0 Å². The normalized spacial score (nSPS) is 9.71. The van der Waals surface area contributed by atoms with Gasteiger partial charge in [0.2, 0.25) is 0 Å². The number of aliphatic hydroxyl groups excluding tert-OH is 2. The number of carboxylic acid groups (broad SMARTS) is 4. The Morgan fingerprint density at radius 1 is 0.643 bits per heavy atom. The van der Waals surface area contributed by atoms with Crippen LogP contribution in [0.2, 0.25) is 0 Å². The van der Waals surface area contributed by atoms with Gasteiger partial charge in [-0.15, -0.1) is 0 Å². The Balaban J connectivity index is -0.000000113.